The van der Waals surface area contributed by atoms with E-state index in [1.54, 1.807) is 71.0 Å². The number of ether oxygens (including phenoxy) is 5. The first-order valence-electron chi connectivity index (χ1n) is 34.2. The predicted octanol–water partition coefficient (Wildman–Crippen LogP) is 7.55. The molecule has 5 heterocycles. The van der Waals surface area contributed by atoms with Crippen molar-refractivity contribution in [2.45, 2.75) is 116 Å². The normalized spacial score (nSPS) is 17.8. The van der Waals surface area contributed by atoms with Crippen LogP contribution in [-0.2, 0) is 46.7 Å². The summed E-state index contributed by atoms with van der Waals surface area (Å²) in [6.07, 6.45) is 2.49. The van der Waals surface area contributed by atoms with Gasteiger partial charge in [0.15, 0.2) is 29.2 Å². The van der Waals surface area contributed by atoms with Gasteiger partial charge < -0.3 is 75.4 Å². The molecule has 530 valence electrons. The molecule has 25 heteroatoms. The zero-order chi connectivity index (χ0) is 71.9. The molecule has 2 fully saturated rings. The Hall–Kier alpha value is -11.4. The van der Waals surface area contributed by atoms with Gasteiger partial charge in [0.25, 0.3) is 11.8 Å². The number of amides is 9. The van der Waals surface area contributed by atoms with E-state index >= 15 is 0 Å². The van der Waals surface area contributed by atoms with Crippen LogP contribution in [0.3, 0.4) is 0 Å². The first-order chi connectivity index (χ1) is 49.2. The number of anilines is 4. The van der Waals surface area contributed by atoms with Gasteiger partial charge in [-0.3, -0.25) is 38.4 Å². The third kappa shape index (κ3) is 15.8. The molecule has 5 aliphatic heterocycles. The largest absolute Gasteiger partial charge is 0.493 e. The summed E-state index contributed by atoms with van der Waals surface area (Å²) in [6.45, 7) is 7.12. The SMILES string of the molecule is COc1cc2c(cc1OCCCOc1cc3c(cc1OC)C(=O)N1CC4(CC4)C[C@H]1C(O)N3C(=O)OCc1ccc(NC(=O)[C@H](C)NC(=O)[C@@H](NC(=O)CNC(=O)CNC(=O)CCC(=O)N3Cc4ccccc4C#Cc4ccccc43)C(C)C)cc1)NC[C@@H]1CC(c3ccc(C)cc3)=CN1C2=O. The second kappa shape index (κ2) is 30.6. The zero-order valence-electron chi connectivity index (χ0n) is 57.6. The van der Waals surface area contributed by atoms with Gasteiger partial charge >= 0.3 is 6.09 Å². The van der Waals surface area contributed by atoms with E-state index in [9.17, 15) is 48.3 Å². The number of aryl methyl sites for hydroxylation is 1. The number of nitrogens with one attached hydrogen (secondary N) is 6. The number of aliphatic hydroxyl groups excluding tert-OH is 1. The third-order valence-electron chi connectivity index (χ3n) is 19.2. The van der Waals surface area contributed by atoms with Crippen molar-refractivity contribution < 1.29 is 71.9 Å². The Labute approximate surface area is 590 Å². The zero-order valence-corrected chi connectivity index (χ0v) is 57.6. The Bertz CT molecular complexity index is 4370. The van der Waals surface area contributed by atoms with Crippen LogP contribution in [0.15, 0.2) is 128 Å². The molecule has 5 atom stereocenters. The van der Waals surface area contributed by atoms with Crippen molar-refractivity contribution in [1.29, 1.82) is 0 Å². The second-order valence-corrected chi connectivity index (χ2v) is 26.8. The number of benzene rings is 6. The molecule has 6 aromatic rings. The molecule has 7 N–H and O–H groups in total. The van der Waals surface area contributed by atoms with E-state index in [1.807, 2.05) is 55.6 Å². The van der Waals surface area contributed by atoms with E-state index in [2.05, 4.69) is 68.0 Å². The summed E-state index contributed by atoms with van der Waals surface area (Å²) in [4.78, 5) is 128. The summed E-state index contributed by atoms with van der Waals surface area (Å²) in [6, 6.07) is 33.0. The fraction of sp³-hybridized carbons (Fsp3) is 0.364. The van der Waals surface area contributed by atoms with Crippen molar-refractivity contribution in [3.05, 3.63) is 172 Å². The van der Waals surface area contributed by atoms with E-state index in [-0.39, 0.29) is 91.1 Å². The minimum Gasteiger partial charge on any atom is -0.493 e. The molecule has 6 aliphatic rings. The highest BCUT2D eigenvalue weighted by Gasteiger charge is 2.58. The quantitative estimate of drug-likeness (QED) is 0.0227. The van der Waals surface area contributed by atoms with Gasteiger partial charge in [-0.1, -0.05) is 98.0 Å². The number of carbonyl (C=O) groups excluding carboxylic acids is 9. The molecular formula is C77H82N10O15. The molecule has 12 rings (SSSR count). The number of carbonyl (C=O) groups is 9. The van der Waals surface area contributed by atoms with Crippen molar-refractivity contribution in [3.8, 4) is 34.8 Å². The van der Waals surface area contributed by atoms with Crippen LogP contribution in [0.1, 0.15) is 120 Å². The van der Waals surface area contributed by atoms with E-state index < -0.39 is 79.0 Å². The number of fused-ring (bicyclic) bond motifs is 6. The molecular weight excluding hydrogens is 1300 g/mol. The number of aliphatic hydroxyl groups is 1. The van der Waals surface area contributed by atoms with Crippen molar-refractivity contribution >= 4 is 81.7 Å². The van der Waals surface area contributed by atoms with Crippen LogP contribution in [-0.4, -0.2) is 152 Å². The Morgan fingerprint density at radius 2 is 1.37 bits per heavy atom. The number of methoxy groups -OCH3 is 2. The fourth-order valence-electron chi connectivity index (χ4n) is 13.3. The van der Waals surface area contributed by atoms with Gasteiger partial charge in [-0.25, -0.2) is 9.69 Å². The van der Waals surface area contributed by atoms with Gasteiger partial charge in [0.05, 0.1) is 87.3 Å². The summed E-state index contributed by atoms with van der Waals surface area (Å²) in [5.74, 6) is 3.09. The Morgan fingerprint density at radius 3 is 2.09 bits per heavy atom. The average Bonchev–Trinajstić information content (AvgIpc) is 1.51. The van der Waals surface area contributed by atoms with Crippen LogP contribution in [0.25, 0.3) is 5.57 Å². The fourth-order valence-corrected chi connectivity index (χ4v) is 13.3. The van der Waals surface area contributed by atoms with Crippen molar-refractivity contribution in [3.63, 3.8) is 0 Å². The van der Waals surface area contributed by atoms with Crippen LogP contribution in [0.2, 0.25) is 0 Å². The standard InChI is InChI=1S/C77H82N10O15/c1-45(2)70(83-68(90)40-80-67(89)39-79-66(88)26-27-69(91)85-41-52-14-8-7-12-49(52)22-23-51-13-9-10-15-59(51)85)72(93)81-47(4)71(92)82-54-24-18-48(19-25-54)43-102-76(97)87-60-36-65(63(99-6)34-57(60)74(95)86-44-77(28-29-77)37-61(86)75(87)96)101-31-11-30-100-64-35-58-56(33-62(64)98-5)73(94)84-42-53(32-55(84)38-78-58)50-20-16-46(3)17-21-50/h7-10,12-21,24-25,33-36,42,45,47,55,61,70,75,78,96H,11,26-32,37-41,43-44H2,1-6H3,(H,79,88)(H,80,89)(H,81,93)(H,82,92)(H,83,90)/t47-,55-,61-,70-,75?/m0/s1. The van der Waals surface area contributed by atoms with Gasteiger partial charge in [0.2, 0.25) is 35.4 Å². The Kier molecular flexibility index (Phi) is 21.1. The highest BCUT2D eigenvalue weighted by atomic mass is 16.6. The van der Waals surface area contributed by atoms with Crippen molar-refractivity contribution in [1.82, 2.24) is 31.1 Å². The molecule has 1 spiro atoms. The molecule has 0 aromatic heterocycles. The van der Waals surface area contributed by atoms with Gasteiger partial charge in [0, 0.05) is 67.5 Å². The van der Waals surface area contributed by atoms with Crippen LogP contribution in [0.4, 0.5) is 27.5 Å². The van der Waals surface area contributed by atoms with Gasteiger partial charge in [-0.05, 0) is 116 Å². The summed E-state index contributed by atoms with van der Waals surface area (Å²) in [5, 5.41) is 28.5. The first kappa shape index (κ1) is 70.5. The maximum Gasteiger partial charge on any atom is 0.416 e. The molecule has 6 aromatic carbocycles. The van der Waals surface area contributed by atoms with Crippen LogP contribution in [0, 0.1) is 30.1 Å². The van der Waals surface area contributed by atoms with E-state index in [0.717, 1.165) is 45.6 Å². The number of hydrogen-bond acceptors (Lipinski definition) is 16. The maximum atomic E-state index is 14.5. The minimum atomic E-state index is -1.50. The highest BCUT2D eigenvalue weighted by Crippen LogP contribution is 2.57. The highest BCUT2D eigenvalue weighted by molar-refractivity contribution is 6.07. The molecule has 1 saturated carbocycles. The molecule has 102 heavy (non-hydrogen) atoms. The molecule has 0 radical (unpaired) electrons. The molecule has 9 amide bonds. The third-order valence-corrected chi connectivity index (χ3v) is 19.2. The Morgan fingerprint density at radius 1 is 0.706 bits per heavy atom. The molecule has 1 unspecified atom stereocenters. The molecule has 25 nitrogen and oxygen atoms in total. The lowest BCUT2D eigenvalue weighted by atomic mass is 10.0. The topological polar surface area (TPSA) is 305 Å². The second-order valence-electron chi connectivity index (χ2n) is 26.8. The molecule has 1 aliphatic carbocycles. The monoisotopic (exact) mass is 1390 g/mol. The predicted molar refractivity (Wildman–Crippen MR) is 378 cm³/mol. The summed E-state index contributed by atoms with van der Waals surface area (Å²) in [5.41, 5.74) is 8.27. The number of nitrogens with zero attached hydrogens (tertiary/aromatic N) is 4. The van der Waals surface area contributed by atoms with Crippen molar-refractivity contribution in [2.75, 3.05) is 74.0 Å². The smallest absolute Gasteiger partial charge is 0.416 e. The summed E-state index contributed by atoms with van der Waals surface area (Å²) < 4.78 is 29.9. The van der Waals surface area contributed by atoms with Crippen molar-refractivity contribution in [2.24, 2.45) is 11.3 Å². The first-order valence-corrected chi connectivity index (χ1v) is 34.2. The van der Waals surface area contributed by atoms with E-state index in [4.69, 9.17) is 23.7 Å². The van der Waals surface area contributed by atoms with Gasteiger partial charge in [-0.15, -0.1) is 0 Å². The Balaban J connectivity index is 0.605. The maximum absolute atomic E-state index is 14.5. The number of hydrogen-bond donors (Lipinski definition) is 7. The minimum absolute atomic E-state index is 0.0611. The molecule has 0 bridgehead atoms. The lowest BCUT2D eigenvalue weighted by Gasteiger charge is -2.31. The lowest BCUT2D eigenvalue weighted by molar-refractivity contribution is -0.132. The summed E-state index contributed by atoms with van der Waals surface area (Å²) in [7, 11) is 2.95. The molecule has 1 saturated heterocycles. The van der Waals surface area contributed by atoms with E-state index in [1.165, 1.54) is 33.3 Å². The van der Waals surface area contributed by atoms with Crippen LogP contribution < -0.4 is 60.6 Å². The average molecular weight is 1390 g/mol. The van der Waals surface area contributed by atoms with E-state index in [0.29, 0.717) is 77.6 Å². The van der Waals surface area contributed by atoms with Crippen LogP contribution in [0.5, 0.6) is 23.0 Å². The van der Waals surface area contributed by atoms with Crippen LogP contribution >= 0.6 is 0 Å². The van der Waals surface area contributed by atoms with Gasteiger partial charge in [-0.2, -0.15) is 0 Å². The summed E-state index contributed by atoms with van der Waals surface area (Å²) >= 11 is 0. The lowest BCUT2D eigenvalue weighted by Crippen LogP contribution is -2.55. The van der Waals surface area contributed by atoms with Gasteiger partial charge in [0.1, 0.15) is 18.7 Å². The number of para-hydroxylation sites is 1. The number of rotatable bonds is 24.